The van der Waals surface area contributed by atoms with Crippen molar-refractivity contribution in [2.24, 2.45) is 5.92 Å². The quantitative estimate of drug-likeness (QED) is 0.810. The van der Waals surface area contributed by atoms with Crippen LogP contribution in [0.4, 0.5) is 0 Å². The Morgan fingerprint density at radius 3 is 2.82 bits per heavy atom. The second kappa shape index (κ2) is 7.01. The van der Waals surface area contributed by atoms with Gasteiger partial charge in [-0.15, -0.1) is 0 Å². The molecular formula is C17H25NO4. The van der Waals surface area contributed by atoms with Gasteiger partial charge in [0, 0.05) is 24.1 Å². The van der Waals surface area contributed by atoms with E-state index in [0.717, 1.165) is 29.0 Å². The predicted octanol–water partition coefficient (Wildman–Crippen LogP) is 2.61. The summed E-state index contributed by atoms with van der Waals surface area (Å²) in [7, 11) is 1.64. The average Bonchev–Trinajstić information content (AvgIpc) is 2.82. The van der Waals surface area contributed by atoms with E-state index in [-0.39, 0.29) is 6.10 Å². The van der Waals surface area contributed by atoms with Crippen molar-refractivity contribution in [3.63, 3.8) is 0 Å². The van der Waals surface area contributed by atoms with Gasteiger partial charge in [0.1, 0.15) is 23.6 Å². The van der Waals surface area contributed by atoms with E-state index in [4.69, 9.17) is 9.47 Å². The fourth-order valence-electron chi connectivity index (χ4n) is 2.80. The number of rotatable bonds is 7. The molecule has 2 atom stereocenters. The molecule has 0 aliphatic carbocycles. The fraction of sp³-hybridized carbons (Fsp3) is 0.588. The first-order chi connectivity index (χ1) is 10.4. The number of methoxy groups -OCH3 is 1. The van der Waals surface area contributed by atoms with Gasteiger partial charge in [-0.05, 0) is 31.4 Å². The Morgan fingerprint density at radius 2 is 2.23 bits per heavy atom. The molecule has 1 aromatic rings. The van der Waals surface area contributed by atoms with Crippen LogP contribution in [0.3, 0.4) is 0 Å². The van der Waals surface area contributed by atoms with E-state index in [1.165, 1.54) is 0 Å². The second-order valence-corrected chi connectivity index (χ2v) is 6.31. The number of carboxylic acid groups (broad SMARTS) is 1. The number of carboxylic acids is 1. The standard InChI is InChI=1S/C17H25NO4/c1-10(2)5-15(17(19)20)18-9-13-8-14(21-4)7-12-6-11(3)22-16(12)13/h7-8,10-11,15,18H,5-6,9H2,1-4H3,(H,19,20)/t11?,15-/m1/s1. The van der Waals surface area contributed by atoms with Crippen LogP contribution in [0.5, 0.6) is 11.5 Å². The number of fused-ring (bicyclic) bond motifs is 1. The van der Waals surface area contributed by atoms with Crippen LogP contribution in [-0.4, -0.2) is 30.3 Å². The largest absolute Gasteiger partial charge is 0.497 e. The molecule has 2 N–H and O–H groups in total. The Hall–Kier alpha value is -1.75. The third-order valence-corrected chi connectivity index (χ3v) is 3.82. The lowest BCUT2D eigenvalue weighted by molar-refractivity contribution is -0.140. The molecule has 1 heterocycles. The Balaban J connectivity index is 2.15. The number of ether oxygens (including phenoxy) is 2. The van der Waals surface area contributed by atoms with E-state index in [1.807, 2.05) is 32.9 Å². The summed E-state index contributed by atoms with van der Waals surface area (Å²) >= 11 is 0. The maximum Gasteiger partial charge on any atom is 0.320 e. The lowest BCUT2D eigenvalue weighted by atomic mass is 10.0. The summed E-state index contributed by atoms with van der Waals surface area (Å²) in [5.41, 5.74) is 2.08. The highest BCUT2D eigenvalue weighted by atomic mass is 16.5. The van der Waals surface area contributed by atoms with Crippen molar-refractivity contribution in [3.05, 3.63) is 23.3 Å². The molecule has 1 aliphatic heterocycles. The molecule has 0 amide bonds. The molecule has 2 rings (SSSR count). The molecule has 1 aliphatic rings. The van der Waals surface area contributed by atoms with Crippen LogP contribution in [0.25, 0.3) is 0 Å². The van der Waals surface area contributed by atoms with Gasteiger partial charge in [-0.25, -0.2) is 0 Å². The highest BCUT2D eigenvalue weighted by Crippen LogP contribution is 2.36. The molecule has 0 bridgehead atoms. The number of nitrogens with one attached hydrogen (secondary N) is 1. The topological polar surface area (TPSA) is 67.8 Å². The van der Waals surface area contributed by atoms with E-state index in [9.17, 15) is 9.90 Å². The van der Waals surface area contributed by atoms with Gasteiger partial charge in [0.25, 0.3) is 0 Å². The first kappa shape index (κ1) is 16.6. The lowest BCUT2D eigenvalue weighted by Crippen LogP contribution is -2.37. The molecule has 1 aromatic carbocycles. The molecular weight excluding hydrogens is 282 g/mol. The van der Waals surface area contributed by atoms with Crippen molar-refractivity contribution < 1.29 is 19.4 Å². The van der Waals surface area contributed by atoms with Crippen molar-refractivity contribution >= 4 is 5.97 Å². The zero-order valence-electron chi connectivity index (χ0n) is 13.7. The molecule has 0 saturated carbocycles. The number of hydrogen-bond donors (Lipinski definition) is 2. The number of benzene rings is 1. The smallest absolute Gasteiger partial charge is 0.320 e. The number of carbonyl (C=O) groups is 1. The van der Waals surface area contributed by atoms with Gasteiger partial charge >= 0.3 is 5.97 Å². The van der Waals surface area contributed by atoms with E-state index in [1.54, 1.807) is 7.11 Å². The first-order valence-electron chi connectivity index (χ1n) is 7.73. The summed E-state index contributed by atoms with van der Waals surface area (Å²) in [5, 5.41) is 12.4. The van der Waals surface area contributed by atoms with Gasteiger partial charge in [0.15, 0.2) is 0 Å². The summed E-state index contributed by atoms with van der Waals surface area (Å²) in [6.45, 7) is 6.52. The minimum atomic E-state index is -0.817. The molecule has 0 fully saturated rings. The summed E-state index contributed by atoms with van der Waals surface area (Å²) in [5.74, 6) is 1.15. The van der Waals surface area contributed by atoms with Gasteiger partial charge in [-0.2, -0.15) is 0 Å². The maximum atomic E-state index is 11.3. The summed E-state index contributed by atoms with van der Waals surface area (Å²) < 4.78 is 11.2. The van der Waals surface area contributed by atoms with Crippen LogP contribution < -0.4 is 14.8 Å². The zero-order chi connectivity index (χ0) is 16.3. The normalized spacial score (nSPS) is 18.0. The van der Waals surface area contributed by atoms with Crippen molar-refractivity contribution in [1.82, 2.24) is 5.32 Å². The maximum absolute atomic E-state index is 11.3. The Labute approximate surface area is 131 Å². The summed E-state index contributed by atoms with van der Waals surface area (Å²) in [4.78, 5) is 11.3. The van der Waals surface area contributed by atoms with E-state index < -0.39 is 12.0 Å². The fourth-order valence-corrected chi connectivity index (χ4v) is 2.80. The Morgan fingerprint density at radius 1 is 1.50 bits per heavy atom. The summed E-state index contributed by atoms with van der Waals surface area (Å²) in [6, 6.07) is 3.35. The molecule has 0 radical (unpaired) electrons. The minimum absolute atomic E-state index is 0.145. The predicted molar refractivity (Wildman–Crippen MR) is 84.5 cm³/mol. The van der Waals surface area contributed by atoms with E-state index in [2.05, 4.69) is 5.32 Å². The van der Waals surface area contributed by atoms with Crippen molar-refractivity contribution in [2.45, 2.75) is 52.3 Å². The van der Waals surface area contributed by atoms with Crippen LogP contribution in [-0.2, 0) is 17.8 Å². The highest BCUT2D eigenvalue weighted by molar-refractivity contribution is 5.73. The van der Waals surface area contributed by atoms with Crippen LogP contribution in [0.2, 0.25) is 0 Å². The van der Waals surface area contributed by atoms with Gasteiger partial charge in [0.2, 0.25) is 0 Å². The number of hydrogen-bond acceptors (Lipinski definition) is 4. The second-order valence-electron chi connectivity index (χ2n) is 6.31. The molecule has 0 aromatic heterocycles. The molecule has 5 nitrogen and oxygen atoms in total. The molecule has 1 unspecified atom stereocenters. The minimum Gasteiger partial charge on any atom is -0.497 e. The SMILES string of the molecule is COc1cc(CN[C@H](CC(C)C)C(=O)O)c2c(c1)CC(C)O2. The first-order valence-corrected chi connectivity index (χ1v) is 7.73. The highest BCUT2D eigenvalue weighted by Gasteiger charge is 2.25. The monoisotopic (exact) mass is 307 g/mol. The zero-order valence-corrected chi connectivity index (χ0v) is 13.7. The average molecular weight is 307 g/mol. The molecule has 0 saturated heterocycles. The molecule has 22 heavy (non-hydrogen) atoms. The lowest BCUT2D eigenvalue weighted by Gasteiger charge is -2.18. The van der Waals surface area contributed by atoms with Crippen LogP contribution in [0.1, 0.15) is 38.3 Å². The number of aliphatic carboxylic acids is 1. The van der Waals surface area contributed by atoms with Crippen LogP contribution in [0.15, 0.2) is 12.1 Å². The van der Waals surface area contributed by atoms with E-state index >= 15 is 0 Å². The third kappa shape index (κ3) is 3.91. The van der Waals surface area contributed by atoms with Gasteiger partial charge < -0.3 is 19.9 Å². The van der Waals surface area contributed by atoms with E-state index in [0.29, 0.717) is 18.9 Å². The van der Waals surface area contributed by atoms with Crippen molar-refractivity contribution in [3.8, 4) is 11.5 Å². The Kier molecular flexibility index (Phi) is 5.29. The molecule has 5 heteroatoms. The Bertz CT molecular complexity index is 542. The van der Waals surface area contributed by atoms with Gasteiger partial charge in [-0.3, -0.25) is 4.79 Å². The van der Waals surface area contributed by atoms with Crippen molar-refractivity contribution in [2.75, 3.05) is 7.11 Å². The molecule has 0 spiro atoms. The van der Waals surface area contributed by atoms with Gasteiger partial charge in [-0.1, -0.05) is 13.8 Å². The van der Waals surface area contributed by atoms with Crippen LogP contribution >= 0.6 is 0 Å². The summed E-state index contributed by atoms with van der Waals surface area (Å²) in [6.07, 6.45) is 1.60. The third-order valence-electron chi connectivity index (χ3n) is 3.82. The van der Waals surface area contributed by atoms with Crippen molar-refractivity contribution in [1.29, 1.82) is 0 Å². The van der Waals surface area contributed by atoms with Crippen LogP contribution in [0, 0.1) is 5.92 Å². The van der Waals surface area contributed by atoms with Gasteiger partial charge in [0.05, 0.1) is 7.11 Å². The molecule has 122 valence electrons.